The van der Waals surface area contributed by atoms with Crippen molar-refractivity contribution in [2.45, 2.75) is 44.7 Å². The number of para-hydroxylation sites is 1. The van der Waals surface area contributed by atoms with Crippen molar-refractivity contribution >= 4 is 18.3 Å². The van der Waals surface area contributed by atoms with Gasteiger partial charge in [-0.15, -0.1) is 12.4 Å². The maximum atomic E-state index is 12.0. The number of ether oxygens (including phenoxy) is 1. The van der Waals surface area contributed by atoms with Crippen LogP contribution in [-0.2, 0) is 11.3 Å². The van der Waals surface area contributed by atoms with Crippen LogP contribution in [0.3, 0.4) is 0 Å². The number of rotatable bonds is 5. The summed E-state index contributed by atoms with van der Waals surface area (Å²) in [6.45, 7) is 0.505. The molecule has 0 radical (unpaired) electrons. The van der Waals surface area contributed by atoms with Gasteiger partial charge in [0, 0.05) is 24.6 Å². The van der Waals surface area contributed by atoms with Crippen LogP contribution in [0.4, 0.5) is 0 Å². The molecule has 5 heteroatoms. The molecule has 1 aromatic carbocycles. The van der Waals surface area contributed by atoms with Crippen molar-refractivity contribution in [1.29, 1.82) is 0 Å². The maximum absolute atomic E-state index is 12.0. The number of nitrogens with two attached hydrogens (primary N) is 1. The van der Waals surface area contributed by atoms with Crippen LogP contribution in [0.15, 0.2) is 24.3 Å². The molecule has 1 saturated carbocycles. The summed E-state index contributed by atoms with van der Waals surface area (Å²) in [5.74, 6) is 1.22. The van der Waals surface area contributed by atoms with Crippen molar-refractivity contribution in [1.82, 2.24) is 5.32 Å². The van der Waals surface area contributed by atoms with Crippen molar-refractivity contribution in [3.63, 3.8) is 0 Å². The van der Waals surface area contributed by atoms with Crippen LogP contribution >= 0.6 is 12.4 Å². The Hall–Kier alpha value is -1.26. The summed E-state index contributed by atoms with van der Waals surface area (Å²) < 4.78 is 5.27. The number of halogens is 1. The average Bonchev–Trinajstić information content (AvgIpc) is 2.48. The zero-order chi connectivity index (χ0) is 14.4. The second kappa shape index (κ2) is 8.90. The Kier molecular flexibility index (Phi) is 7.54. The normalized spacial score (nSPS) is 21.2. The van der Waals surface area contributed by atoms with Gasteiger partial charge in [0.05, 0.1) is 7.11 Å². The van der Waals surface area contributed by atoms with Crippen LogP contribution in [0.1, 0.15) is 37.7 Å². The summed E-state index contributed by atoms with van der Waals surface area (Å²) in [4.78, 5) is 12.0. The first-order valence-corrected chi connectivity index (χ1v) is 7.35. The predicted octanol–water partition coefficient (Wildman–Crippen LogP) is 2.64. The summed E-state index contributed by atoms with van der Waals surface area (Å²) in [5.41, 5.74) is 7.08. The molecule has 2 atom stereocenters. The van der Waals surface area contributed by atoms with Gasteiger partial charge in [0.2, 0.25) is 5.91 Å². The predicted molar refractivity (Wildman–Crippen MR) is 86.6 cm³/mol. The van der Waals surface area contributed by atoms with E-state index in [0.29, 0.717) is 18.9 Å². The molecule has 0 spiro atoms. The molecule has 4 nitrogen and oxygen atoms in total. The highest BCUT2D eigenvalue weighted by atomic mass is 35.5. The monoisotopic (exact) mass is 312 g/mol. The van der Waals surface area contributed by atoms with Gasteiger partial charge in [-0.25, -0.2) is 0 Å². The second-order valence-corrected chi connectivity index (χ2v) is 5.50. The van der Waals surface area contributed by atoms with Crippen molar-refractivity contribution in [3.05, 3.63) is 29.8 Å². The Bertz CT molecular complexity index is 454. The van der Waals surface area contributed by atoms with Gasteiger partial charge in [-0.2, -0.15) is 0 Å². The molecule has 1 amide bonds. The minimum absolute atomic E-state index is 0. The van der Waals surface area contributed by atoms with E-state index in [1.807, 2.05) is 24.3 Å². The standard InChI is InChI=1S/C16H24N2O2.ClH/c1-20-15-9-5-3-7-13(15)11-18-16(19)10-12-6-2-4-8-14(12)17;/h3,5,7,9,12,14H,2,4,6,8,10-11,17H2,1H3,(H,18,19);1H. The number of carbonyl (C=O) groups is 1. The lowest BCUT2D eigenvalue weighted by molar-refractivity contribution is -0.122. The zero-order valence-corrected chi connectivity index (χ0v) is 13.3. The van der Waals surface area contributed by atoms with Gasteiger partial charge < -0.3 is 15.8 Å². The van der Waals surface area contributed by atoms with Crippen molar-refractivity contribution in [2.24, 2.45) is 11.7 Å². The minimum Gasteiger partial charge on any atom is -0.496 e. The quantitative estimate of drug-likeness (QED) is 0.878. The SMILES string of the molecule is COc1ccccc1CNC(=O)CC1CCCCC1N.Cl. The summed E-state index contributed by atoms with van der Waals surface area (Å²) in [5, 5.41) is 2.97. The van der Waals surface area contributed by atoms with Crippen molar-refractivity contribution < 1.29 is 9.53 Å². The highest BCUT2D eigenvalue weighted by Crippen LogP contribution is 2.25. The molecular weight excluding hydrogens is 288 g/mol. The Morgan fingerprint density at radius 2 is 2.05 bits per heavy atom. The second-order valence-electron chi connectivity index (χ2n) is 5.50. The van der Waals surface area contributed by atoms with E-state index in [1.54, 1.807) is 7.11 Å². The minimum atomic E-state index is 0. The Balaban J connectivity index is 0.00000220. The molecule has 2 rings (SSSR count). The van der Waals surface area contributed by atoms with E-state index >= 15 is 0 Å². The molecule has 0 heterocycles. The van der Waals surface area contributed by atoms with Crippen LogP contribution < -0.4 is 15.8 Å². The Morgan fingerprint density at radius 1 is 1.33 bits per heavy atom. The molecule has 1 aromatic rings. The van der Waals surface area contributed by atoms with Gasteiger partial charge in [-0.1, -0.05) is 31.0 Å². The topological polar surface area (TPSA) is 64.3 Å². The first-order valence-electron chi connectivity index (χ1n) is 7.35. The Morgan fingerprint density at radius 3 is 2.76 bits per heavy atom. The number of hydrogen-bond donors (Lipinski definition) is 2. The van der Waals surface area contributed by atoms with Gasteiger partial charge in [-0.3, -0.25) is 4.79 Å². The van der Waals surface area contributed by atoms with E-state index in [2.05, 4.69) is 5.32 Å². The van der Waals surface area contributed by atoms with Crippen LogP contribution in [0.2, 0.25) is 0 Å². The van der Waals surface area contributed by atoms with Gasteiger partial charge >= 0.3 is 0 Å². The zero-order valence-electron chi connectivity index (χ0n) is 12.5. The summed E-state index contributed by atoms with van der Waals surface area (Å²) in [6.07, 6.45) is 5.04. The molecule has 0 aliphatic heterocycles. The first kappa shape index (κ1) is 17.8. The highest BCUT2D eigenvalue weighted by molar-refractivity contribution is 5.85. The molecule has 1 fully saturated rings. The number of benzene rings is 1. The third-order valence-electron chi connectivity index (χ3n) is 4.08. The van der Waals surface area contributed by atoms with Crippen molar-refractivity contribution in [2.75, 3.05) is 7.11 Å². The van der Waals surface area contributed by atoms with E-state index in [9.17, 15) is 4.79 Å². The van der Waals surface area contributed by atoms with E-state index in [-0.39, 0.29) is 24.4 Å². The van der Waals surface area contributed by atoms with Crippen LogP contribution in [0.5, 0.6) is 5.75 Å². The largest absolute Gasteiger partial charge is 0.496 e. The van der Waals surface area contributed by atoms with Gasteiger partial charge in [-0.05, 0) is 24.8 Å². The Labute approximate surface area is 132 Å². The number of nitrogens with one attached hydrogen (secondary N) is 1. The third-order valence-corrected chi connectivity index (χ3v) is 4.08. The maximum Gasteiger partial charge on any atom is 0.220 e. The number of carbonyl (C=O) groups excluding carboxylic acids is 1. The van der Waals surface area contributed by atoms with Crippen LogP contribution in [0, 0.1) is 5.92 Å². The fourth-order valence-corrected chi connectivity index (χ4v) is 2.84. The summed E-state index contributed by atoms with van der Waals surface area (Å²) >= 11 is 0. The fraction of sp³-hybridized carbons (Fsp3) is 0.562. The summed E-state index contributed by atoms with van der Waals surface area (Å²) in [7, 11) is 1.64. The molecule has 0 bridgehead atoms. The lowest BCUT2D eigenvalue weighted by atomic mass is 9.83. The number of hydrogen-bond acceptors (Lipinski definition) is 3. The smallest absolute Gasteiger partial charge is 0.220 e. The molecule has 0 saturated heterocycles. The van der Waals surface area contributed by atoms with Crippen molar-refractivity contribution in [3.8, 4) is 5.75 Å². The molecule has 3 N–H and O–H groups in total. The molecule has 21 heavy (non-hydrogen) atoms. The van der Waals surface area contributed by atoms with Crippen LogP contribution in [0.25, 0.3) is 0 Å². The number of methoxy groups -OCH3 is 1. The molecule has 1 aliphatic rings. The molecule has 1 aliphatic carbocycles. The highest BCUT2D eigenvalue weighted by Gasteiger charge is 2.24. The summed E-state index contributed by atoms with van der Waals surface area (Å²) in [6, 6.07) is 7.91. The fourth-order valence-electron chi connectivity index (χ4n) is 2.84. The van der Waals surface area contributed by atoms with Crippen LogP contribution in [-0.4, -0.2) is 19.1 Å². The lowest BCUT2D eigenvalue weighted by Gasteiger charge is -2.28. The molecular formula is C16H25ClN2O2. The van der Waals surface area contributed by atoms with E-state index in [0.717, 1.165) is 24.2 Å². The van der Waals surface area contributed by atoms with Gasteiger partial charge in [0.25, 0.3) is 0 Å². The average molecular weight is 313 g/mol. The van der Waals surface area contributed by atoms with E-state index in [4.69, 9.17) is 10.5 Å². The third kappa shape index (κ3) is 5.21. The molecule has 2 unspecified atom stereocenters. The van der Waals surface area contributed by atoms with Gasteiger partial charge in [0.1, 0.15) is 5.75 Å². The molecule has 0 aromatic heterocycles. The first-order chi connectivity index (χ1) is 9.70. The lowest BCUT2D eigenvalue weighted by Crippen LogP contribution is -2.37. The van der Waals surface area contributed by atoms with E-state index in [1.165, 1.54) is 12.8 Å². The number of amides is 1. The van der Waals surface area contributed by atoms with E-state index < -0.39 is 0 Å². The van der Waals surface area contributed by atoms with Gasteiger partial charge in [0.15, 0.2) is 0 Å². The molecule has 118 valence electrons.